The van der Waals surface area contributed by atoms with Crippen molar-refractivity contribution in [3.63, 3.8) is 0 Å². The highest BCUT2D eigenvalue weighted by atomic mass is 19.4. The molecule has 1 aromatic rings. The number of nitrogens with one attached hydrogen (secondary N) is 1. The van der Waals surface area contributed by atoms with Crippen LogP contribution in [0.3, 0.4) is 0 Å². The Labute approximate surface area is 197 Å². The lowest BCUT2D eigenvalue weighted by molar-refractivity contribution is -0.443. The summed E-state index contributed by atoms with van der Waals surface area (Å²) in [5.41, 5.74) is -3.01. The predicted molar refractivity (Wildman–Crippen MR) is 88.9 cm³/mol. The van der Waals surface area contributed by atoms with Crippen LogP contribution in [-0.2, 0) is 4.79 Å². The molecule has 0 unspecified atom stereocenters. The highest BCUT2D eigenvalue weighted by molar-refractivity contribution is 5.98. The first-order valence-corrected chi connectivity index (χ1v) is 8.76. The van der Waals surface area contributed by atoms with Crippen molar-refractivity contribution < 1.29 is 84.7 Å². The molecule has 1 amide bonds. The van der Waals surface area contributed by atoms with Gasteiger partial charge < -0.3 is 10.1 Å². The number of amides is 1. The van der Waals surface area contributed by atoms with E-state index in [2.05, 4.69) is 4.74 Å². The minimum atomic E-state index is -8.68. The van der Waals surface area contributed by atoms with E-state index in [-0.39, 0.29) is 6.07 Å². The molecule has 0 aliphatic carbocycles. The monoisotopic (exact) mass is 596 g/mol. The summed E-state index contributed by atoms with van der Waals surface area (Å²) in [5.74, 6) is -61.5. The van der Waals surface area contributed by atoms with E-state index in [9.17, 15) is 85.2 Å². The number of carbonyl (C=O) groups excluding carboxylic acids is 1. The van der Waals surface area contributed by atoms with Crippen LogP contribution in [0.4, 0.5) is 81.6 Å². The predicted octanol–water partition coefficient (Wildman–Crippen LogP) is 6.25. The largest absolute Gasteiger partial charge is 0.496 e. The van der Waals surface area contributed by atoms with E-state index in [1.54, 1.807) is 0 Å². The number of alkyl halides is 16. The van der Waals surface area contributed by atoms with E-state index in [4.69, 9.17) is 0 Å². The number of anilines is 1. The van der Waals surface area contributed by atoms with E-state index in [1.807, 2.05) is 0 Å². The maximum absolute atomic E-state index is 14.0. The fourth-order valence-electron chi connectivity index (χ4n) is 2.37. The molecule has 1 aromatic carbocycles. The number of nitro groups is 1. The number of benzene rings is 1. The van der Waals surface area contributed by atoms with Crippen LogP contribution in [0, 0.1) is 10.1 Å². The quantitative estimate of drug-likeness (QED) is 0.186. The number of ether oxygens (including phenoxy) is 1. The molecule has 0 aliphatic heterocycles. The number of hydrogen-bond donors (Lipinski definition) is 1. The summed E-state index contributed by atoms with van der Waals surface area (Å²) in [7, 11) is 0.880. The topological polar surface area (TPSA) is 81.5 Å². The summed E-state index contributed by atoms with van der Waals surface area (Å²) in [6, 6.07) is 1.17. The molecule has 0 fully saturated rings. The Morgan fingerprint density at radius 2 is 1.24 bits per heavy atom. The van der Waals surface area contributed by atoms with Crippen LogP contribution in [0.15, 0.2) is 18.2 Å². The van der Waals surface area contributed by atoms with Crippen LogP contribution in [0.25, 0.3) is 0 Å². The van der Waals surface area contributed by atoms with Crippen molar-refractivity contribution in [3.8, 4) is 5.75 Å². The zero-order chi connectivity index (χ0) is 30.5. The molecule has 0 bridgehead atoms. The van der Waals surface area contributed by atoms with Crippen molar-refractivity contribution in [2.24, 2.45) is 0 Å². The van der Waals surface area contributed by atoms with E-state index in [0.717, 1.165) is 7.11 Å². The van der Waals surface area contributed by atoms with Gasteiger partial charge in [-0.1, -0.05) is 0 Å². The van der Waals surface area contributed by atoms with Gasteiger partial charge in [0.25, 0.3) is 5.69 Å². The van der Waals surface area contributed by atoms with Crippen LogP contribution in [0.5, 0.6) is 5.75 Å². The molecule has 0 atom stereocenters. The summed E-state index contributed by atoms with van der Waals surface area (Å²) in [6.45, 7) is 0. The van der Waals surface area contributed by atoms with Crippen molar-refractivity contribution in [1.29, 1.82) is 0 Å². The number of hydrogen-bond acceptors (Lipinski definition) is 4. The Balaban J connectivity index is 3.61. The van der Waals surface area contributed by atoms with Gasteiger partial charge >= 0.3 is 53.8 Å². The first kappa shape index (κ1) is 32.8. The van der Waals surface area contributed by atoms with Crippen LogP contribution < -0.4 is 10.1 Å². The molecule has 22 heteroatoms. The molecule has 0 saturated heterocycles. The SMILES string of the molecule is COc1ccc(NC(=O)C(F)(F)C(F)(F)C(F)(F)C(F)(F)C(F)(F)C(F)(F)C(F)(F)C(F)F)c([N+](=O)[O-])c1. The maximum Gasteiger partial charge on any atom is 0.393 e. The van der Waals surface area contributed by atoms with E-state index in [1.165, 1.54) is 0 Å². The lowest BCUT2D eigenvalue weighted by Gasteiger charge is -2.42. The second kappa shape index (κ2) is 9.50. The normalized spacial score (nSPS) is 14.5. The average molecular weight is 596 g/mol. The summed E-state index contributed by atoms with van der Waals surface area (Å²) in [4.78, 5) is 21.0. The maximum atomic E-state index is 14.0. The van der Waals surface area contributed by atoms with E-state index >= 15 is 0 Å². The fourth-order valence-corrected chi connectivity index (χ4v) is 2.37. The molecular weight excluding hydrogens is 588 g/mol. The standard InChI is InChI=1S/C16H8F16N2O4/c1-38-5-2-3-6(7(4-5)34(36)37)33-9(35)11(21,22)13(25,26)15(29,30)16(31,32)14(27,28)12(23,24)10(19,20)8(17)18/h2-4,8H,1H3,(H,33,35). The molecule has 6 nitrogen and oxygen atoms in total. The van der Waals surface area contributed by atoms with Crippen molar-refractivity contribution in [2.75, 3.05) is 12.4 Å². The first-order valence-electron chi connectivity index (χ1n) is 8.76. The zero-order valence-electron chi connectivity index (χ0n) is 17.4. The highest BCUT2D eigenvalue weighted by Crippen LogP contribution is 2.62. The Hall–Kier alpha value is -3.23. The van der Waals surface area contributed by atoms with Crippen LogP contribution in [0.2, 0.25) is 0 Å². The number of rotatable bonds is 11. The Bertz CT molecular complexity index is 1080. The van der Waals surface area contributed by atoms with Crippen LogP contribution in [0.1, 0.15) is 0 Å². The number of methoxy groups -OCH3 is 1. The van der Waals surface area contributed by atoms with Gasteiger partial charge in [-0.3, -0.25) is 14.9 Å². The van der Waals surface area contributed by atoms with Gasteiger partial charge in [0.15, 0.2) is 0 Å². The molecule has 0 heterocycles. The summed E-state index contributed by atoms with van der Waals surface area (Å²) < 4.78 is 218. The molecule has 1 rings (SSSR count). The van der Waals surface area contributed by atoms with E-state index in [0.29, 0.717) is 17.4 Å². The Morgan fingerprint density at radius 3 is 1.63 bits per heavy atom. The van der Waals surface area contributed by atoms with Crippen LogP contribution in [-0.4, -0.2) is 65.8 Å². The third kappa shape index (κ3) is 4.50. The molecule has 38 heavy (non-hydrogen) atoms. The van der Waals surface area contributed by atoms with Gasteiger partial charge in [0.05, 0.1) is 18.1 Å². The average Bonchev–Trinajstić information content (AvgIpc) is 2.77. The highest BCUT2D eigenvalue weighted by Gasteiger charge is 2.94. The fraction of sp³-hybridized carbons (Fsp3) is 0.562. The summed E-state index contributed by atoms with van der Waals surface area (Å²) in [5, 5.41) is 11.4. The van der Waals surface area contributed by atoms with Gasteiger partial charge in [0.1, 0.15) is 11.4 Å². The molecule has 0 radical (unpaired) electrons. The second-order valence-electron chi connectivity index (χ2n) is 6.96. The summed E-state index contributed by atoms with van der Waals surface area (Å²) in [6.07, 6.45) is -5.99. The number of nitro benzene ring substituents is 1. The third-order valence-electron chi connectivity index (χ3n) is 4.60. The van der Waals surface area contributed by atoms with Gasteiger partial charge in [-0.05, 0) is 12.1 Å². The first-order chi connectivity index (χ1) is 16.7. The van der Waals surface area contributed by atoms with Gasteiger partial charge in [-0.15, -0.1) is 0 Å². The van der Waals surface area contributed by atoms with Crippen molar-refractivity contribution >= 4 is 17.3 Å². The minimum absolute atomic E-state index is 0.247. The second-order valence-corrected chi connectivity index (χ2v) is 6.96. The van der Waals surface area contributed by atoms with Gasteiger partial charge in [-0.25, -0.2) is 8.78 Å². The molecule has 218 valence electrons. The number of nitrogens with zero attached hydrogens (tertiary/aromatic N) is 1. The molecule has 0 aliphatic rings. The lowest BCUT2D eigenvalue weighted by Crippen LogP contribution is -2.74. The summed E-state index contributed by atoms with van der Waals surface area (Å²) >= 11 is 0. The van der Waals surface area contributed by atoms with Crippen molar-refractivity contribution in [1.82, 2.24) is 0 Å². The smallest absolute Gasteiger partial charge is 0.393 e. The molecule has 0 spiro atoms. The molecular formula is C16H8F16N2O4. The van der Waals surface area contributed by atoms with Gasteiger partial charge in [0.2, 0.25) is 0 Å². The number of carbonyl (C=O) groups is 1. The Kier molecular flexibility index (Phi) is 8.20. The molecule has 1 N–H and O–H groups in total. The number of halogens is 16. The minimum Gasteiger partial charge on any atom is -0.496 e. The van der Waals surface area contributed by atoms with Gasteiger partial charge in [-0.2, -0.15) is 61.5 Å². The molecule has 0 aromatic heterocycles. The third-order valence-corrected chi connectivity index (χ3v) is 4.60. The zero-order valence-corrected chi connectivity index (χ0v) is 17.4. The van der Waals surface area contributed by atoms with Crippen molar-refractivity contribution in [2.45, 2.75) is 47.9 Å². The van der Waals surface area contributed by atoms with Crippen molar-refractivity contribution in [3.05, 3.63) is 28.3 Å². The van der Waals surface area contributed by atoms with E-state index < -0.39 is 75.8 Å². The Morgan fingerprint density at radius 1 is 0.816 bits per heavy atom. The van der Waals surface area contributed by atoms with Crippen LogP contribution >= 0.6 is 0 Å². The van der Waals surface area contributed by atoms with Gasteiger partial charge in [0, 0.05) is 0 Å². The lowest BCUT2D eigenvalue weighted by atomic mass is 9.89. The molecule has 0 saturated carbocycles.